The molecule has 11 heteroatoms. The van der Waals surface area contributed by atoms with E-state index in [9.17, 15) is 20.2 Å². The molecular weight excluding hydrogens is 606 g/mol. The van der Waals surface area contributed by atoms with Crippen LogP contribution < -0.4 is 0 Å². The Morgan fingerprint density at radius 3 is 1.38 bits per heavy atom. The smallest absolute Gasteiger partial charge is 0.258 e. The highest BCUT2D eigenvalue weighted by molar-refractivity contribution is 9.11. The van der Waals surface area contributed by atoms with E-state index in [0.717, 1.165) is 19.3 Å². The van der Waals surface area contributed by atoms with E-state index in [0.29, 0.717) is 12.5 Å². The summed E-state index contributed by atoms with van der Waals surface area (Å²) in [7, 11) is 0. The molecule has 0 radical (unpaired) electrons. The van der Waals surface area contributed by atoms with Crippen molar-refractivity contribution in [2.75, 3.05) is 0 Å². The molecule has 2 aromatic rings. The summed E-state index contributed by atoms with van der Waals surface area (Å²) in [5, 5.41) is 32.2. The van der Waals surface area contributed by atoms with Crippen molar-refractivity contribution in [3.8, 4) is 0 Å². The maximum atomic E-state index is 11.6. The zero-order valence-corrected chi connectivity index (χ0v) is 25.4. The standard InChI is InChI=1S/C26H41Br2N5O4/c1-3-5-7-9-11-12-14-16-18-20(17-15-13-10-8-6-4-2)19-31-29-23-21(27)25(32(34)35)26(33(36)37)22(28)24(23)30-31/h20H,3-19H2,1-2H3. The number of rotatable bonds is 20. The fourth-order valence-corrected chi connectivity index (χ4v) is 6.03. The Morgan fingerprint density at radius 1 is 0.676 bits per heavy atom. The van der Waals surface area contributed by atoms with Gasteiger partial charge in [0.25, 0.3) is 0 Å². The Labute approximate surface area is 236 Å². The first-order valence-electron chi connectivity index (χ1n) is 13.9. The number of unbranched alkanes of at least 4 members (excludes halogenated alkanes) is 12. The van der Waals surface area contributed by atoms with E-state index >= 15 is 0 Å². The normalized spacial score (nSPS) is 12.3. The van der Waals surface area contributed by atoms with Gasteiger partial charge < -0.3 is 0 Å². The highest BCUT2D eigenvalue weighted by atomic mass is 79.9. The second-order valence-corrected chi connectivity index (χ2v) is 11.6. The lowest BCUT2D eigenvalue weighted by molar-refractivity contribution is -0.423. The Bertz CT molecular complexity index is 958. The van der Waals surface area contributed by atoms with Crippen molar-refractivity contribution in [1.29, 1.82) is 0 Å². The maximum absolute atomic E-state index is 11.6. The van der Waals surface area contributed by atoms with Gasteiger partial charge in [-0.2, -0.15) is 15.0 Å². The number of hydrogen-bond acceptors (Lipinski definition) is 6. The van der Waals surface area contributed by atoms with E-state index in [1.807, 2.05) is 0 Å². The van der Waals surface area contributed by atoms with Crippen molar-refractivity contribution in [3.63, 3.8) is 0 Å². The third-order valence-electron chi connectivity index (χ3n) is 6.93. The number of hydrogen-bond donors (Lipinski definition) is 0. The molecular formula is C26H41Br2N5O4. The minimum atomic E-state index is -0.755. The van der Waals surface area contributed by atoms with Gasteiger partial charge in [-0.3, -0.25) is 20.2 Å². The predicted molar refractivity (Wildman–Crippen MR) is 155 cm³/mol. The lowest BCUT2D eigenvalue weighted by Gasteiger charge is -2.16. The van der Waals surface area contributed by atoms with Crippen LogP contribution in [-0.2, 0) is 6.54 Å². The van der Waals surface area contributed by atoms with E-state index in [4.69, 9.17) is 0 Å². The minimum Gasteiger partial charge on any atom is -0.258 e. The molecule has 0 N–H and O–H groups in total. The van der Waals surface area contributed by atoms with Crippen molar-refractivity contribution < 1.29 is 9.85 Å². The summed E-state index contributed by atoms with van der Waals surface area (Å²) >= 11 is 6.37. The summed E-state index contributed by atoms with van der Waals surface area (Å²) in [6.07, 6.45) is 19.8. The van der Waals surface area contributed by atoms with Crippen LogP contribution in [0.5, 0.6) is 0 Å². The zero-order valence-electron chi connectivity index (χ0n) is 22.2. The van der Waals surface area contributed by atoms with E-state index < -0.39 is 21.2 Å². The van der Waals surface area contributed by atoms with Crippen molar-refractivity contribution in [3.05, 3.63) is 29.2 Å². The Balaban J connectivity index is 2.11. The topological polar surface area (TPSA) is 117 Å². The van der Waals surface area contributed by atoms with Crippen LogP contribution in [0.25, 0.3) is 11.0 Å². The molecule has 208 valence electrons. The SMILES string of the molecule is CCCCCCCCCCC(CCCCCCCC)Cn1nc2c(Br)c([N+](=O)[O-])c([N+](=O)[O-])c(Br)c2n1. The summed E-state index contributed by atoms with van der Waals surface area (Å²) in [5.41, 5.74) is -0.706. The number of aromatic nitrogens is 3. The van der Waals surface area contributed by atoms with Crippen LogP contribution in [-0.4, -0.2) is 24.8 Å². The molecule has 37 heavy (non-hydrogen) atoms. The summed E-state index contributed by atoms with van der Waals surface area (Å²) in [4.78, 5) is 23.2. The molecule has 1 heterocycles. The van der Waals surface area contributed by atoms with Crippen LogP contribution in [0.2, 0.25) is 0 Å². The molecule has 0 spiro atoms. The number of nitro benzene ring substituents is 2. The lowest BCUT2D eigenvalue weighted by Crippen LogP contribution is -2.13. The van der Waals surface area contributed by atoms with E-state index in [1.165, 1.54) is 83.5 Å². The quantitative estimate of drug-likeness (QED) is 0.0803. The van der Waals surface area contributed by atoms with E-state index in [-0.39, 0.29) is 20.0 Å². The van der Waals surface area contributed by atoms with Crippen LogP contribution in [0.3, 0.4) is 0 Å². The highest BCUT2D eigenvalue weighted by Gasteiger charge is 2.36. The van der Waals surface area contributed by atoms with E-state index in [2.05, 4.69) is 55.9 Å². The van der Waals surface area contributed by atoms with E-state index in [1.54, 1.807) is 4.80 Å². The molecule has 0 saturated carbocycles. The summed E-state index contributed by atoms with van der Waals surface area (Å²) < 4.78 is -0.0200. The predicted octanol–water partition coefficient (Wildman–Crippen LogP) is 9.67. The van der Waals surface area contributed by atoms with Crippen LogP contribution in [0.4, 0.5) is 11.4 Å². The number of fused-ring (bicyclic) bond motifs is 1. The summed E-state index contributed by atoms with van der Waals surface area (Å²) in [6.45, 7) is 5.06. The average molecular weight is 647 g/mol. The molecule has 1 unspecified atom stereocenters. The van der Waals surface area contributed by atoms with Crippen molar-refractivity contribution in [1.82, 2.24) is 15.0 Å². The molecule has 0 aliphatic heterocycles. The van der Waals surface area contributed by atoms with Gasteiger partial charge in [0.1, 0.15) is 20.0 Å². The van der Waals surface area contributed by atoms with Crippen LogP contribution in [0.1, 0.15) is 117 Å². The molecule has 0 bridgehead atoms. The zero-order chi connectivity index (χ0) is 27.2. The van der Waals surface area contributed by atoms with Gasteiger partial charge in [0.15, 0.2) is 0 Å². The van der Waals surface area contributed by atoms with Crippen molar-refractivity contribution in [2.45, 2.75) is 123 Å². The number of halogens is 2. The first-order chi connectivity index (χ1) is 17.8. The average Bonchev–Trinajstić information content (AvgIpc) is 3.28. The van der Waals surface area contributed by atoms with Crippen molar-refractivity contribution >= 4 is 54.3 Å². The number of benzene rings is 1. The largest absolute Gasteiger partial charge is 0.363 e. The van der Waals surface area contributed by atoms with Gasteiger partial charge in [-0.1, -0.05) is 104 Å². The molecule has 9 nitrogen and oxygen atoms in total. The molecule has 0 fully saturated rings. The molecule has 0 aliphatic rings. The molecule has 2 rings (SSSR count). The van der Waals surface area contributed by atoms with Gasteiger partial charge in [-0.25, -0.2) is 0 Å². The van der Waals surface area contributed by atoms with Crippen molar-refractivity contribution in [2.24, 2.45) is 5.92 Å². The molecule has 0 aliphatic carbocycles. The van der Waals surface area contributed by atoms with Gasteiger partial charge >= 0.3 is 11.4 Å². The van der Waals surface area contributed by atoms with Gasteiger partial charge in [0.05, 0.1) is 16.4 Å². The van der Waals surface area contributed by atoms with Gasteiger partial charge in [0.2, 0.25) is 0 Å². The fraction of sp³-hybridized carbons (Fsp3) is 0.769. The Kier molecular flexibility index (Phi) is 14.6. The molecule has 1 aromatic carbocycles. The monoisotopic (exact) mass is 645 g/mol. The lowest BCUT2D eigenvalue weighted by atomic mass is 9.94. The van der Waals surface area contributed by atoms with Gasteiger partial charge in [0, 0.05) is 0 Å². The van der Waals surface area contributed by atoms with Crippen LogP contribution in [0, 0.1) is 26.1 Å². The molecule has 0 saturated heterocycles. The van der Waals surface area contributed by atoms with Crippen LogP contribution in [0.15, 0.2) is 8.95 Å². The summed E-state index contributed by atoms with van der Waals surface area (Å²) in [6, 6.07) is 0. The van der Waals surface area contributed by atoms with Gasteiger partial charge in [-0.05, 0) is 50.6 Å². The first-order valence-corrected chi connectivity index (χ1v) is 15.4. The molecule has 1 atom stereocenters. The third kappa shape index (κ3) is 9.89. The molecule has 1 aromatic heterocycles. The Hall–Kier alpha value is -1.62. The number of nitro groups is 2. The third-order valence-corrected chi connectivity index (χ3v) is 8.43. The summed E-state index contributed by atoms with van der Waals surface area (Å²) in [5.74, 6) is 0.399. The molecule has 0 amide bonds. The van der Waals surface area contributed by atoms with Gasteiger partial charge in [-0.15, -0.1) is 0 Å². The fourth-order valence-electron chi connectivity index (χ4n) is 4.83. The first kappa shape index (κ1) is 31.6. The minimum absolute atomic E-state index is 0.0100. The van der Waals surface area contributed by atoms with Crippen LogP contribution >= 0.6 is 31.9 Å². The number of nitrogens with zero attached hydrogens (tertiary/aromatic N) is 5. The second-order valence-electron chi connectivity index (χ2n) is 9.98. The second kappa shape index (κ2) is 17.1. The highest BCUT2D eigenvalue weighted by Crippen LogP contribution is 2.45. The maximum Gasteiger partial charge on any atom is 0.363 e. The Morgan fingerprint density at radius 2 is 1.03 bits per heavy atom.